The summed E-state index contributed by atoms with van der Waals surface area (Å²) in [6.45, 7) is 3.97. The molecule has 1 saturated heterocycles. The summed E-state index contributed by atoms with van der Waals surface area (Å²) in [6, 6.07) is 7.48. The van der Waals surface area contributed by atoms with Crippen LogP contribution in [0.5, 0.6) is 0 Å². The summed E-state index contributed by atoms with van der Waals surface area (Å²) in [4.78, 5) is 23.0. The number of carbonyl (C=O) groups excluding carboxylic acids is 1. The van der Waals surface area contributed by atoms with Gasteiger partial charge in [-0.2, -0.15) is 0 Å². The molecule has 1 aliphatic rings. The zero-order valence-corrected chi connectivity index (χ0v) is 14.6. The predicted octanol–water partition coefficient (Wildman–Crippen LogP) is 3.79. The highest BCUT2D eigenvalue weighted by atomic mass is 79.9. The van der Waals surface area contributed by atoms with E-state index in [2.05, 4.69) is 36.1 Å². The third-order valence-corrected chi connectivity index (χ3v) is 4.87. The Labute approximate surface area is 144 Å². The van der Waals surface area contributed by atoms with Gasteiger partial charge in [-0.25, -0.2) is 9.97 Å². The predicted molar refractivity (Wildman–Crippen MR) is 94.9 cm³/mol. The Kier molecular flexibility index (Phi) is 4.91. The molecule has 23 heavy (non-hydrogen) atoms. The minimum Gasteiger partial charge on any atom is -0.357 e. The van der Waals surface area contributed by atoms with Gasteiger partial charge in [-0.15, -0.1) is 0 Å². The van der Waals surface area contributed by atoms with Crippen LogP contribution >= 0.6 is 15.9 Å². The van der Waals surface area contributed by atoms with Crippen LogP contribution in [0.25, 0.3) is 0 Å². The Balaban J connectivity index is 1.75. The molecule has 1 aromatic heterocycles. The maximum absolute atomic E-state index is 12.4. The van der Waals surface area contributed by atoms with E-state index in [4.69, 9.17) is 0 Å². The first-order valence-electron chi connectivity index (χ1n) is 7.78. The van der Waals surface area contributed by atoms with Gasteiger partial charge in [-0.05, 0) is 49.9 Å². The van der Waals surface area contributed by atoms with Crippen LogP contribution in [-0.4, -0.2) is 29.0 Å². The molecule has 0 unspecified atom stereocenters. The van der Waals surface area contributed by atoms with Gasteiger partial charge in [-0.3, -0.25) is 4.79 Å². The number of nitrogens with zero attached hydrogens (tertiary/aromatic N) is 3. The zero-order chi connectivity index (χ0) is 16.2. The van der Waals surface area contributed by atoms with Crippen LogP contribution in [0.3, 0.4) is 0 Å². The third-order valence-electron chi connectivity index (χ3n) is 3.98. The summed E-state index contributed by atoms with van der Waals surface area (Å²) in [7, 11) is 0. The summed E-state index contributed by atoms with van der Waals surface area (Å²) >= 11 is 3.46. The molecular formula is C17H19BrN4O. The molecule has 2 aromatic rings. The van der Waals surface area contributed by atoms with Gasteiger partial charge in [0.1, 0.15) is 17.8 Å². The minimum absolute atomic E-state index is 0.215. The van der Waals surface area contributed by atoms with Crippen LogP contribution in [0.2, 0.25) is 0 Å². The van der Waals surface area contributed by atoms with Crippen LogP contribution in [0, 0.1) is 6.92 Å². The number of hydrogen-bond donors (Lipinski definition) is 1. The molecule has 5 nitrogen and oxygen atoms in total. The second kappa shape index (κ2) is 7.08. The topological polar surface area (TPSA) is 58.1 Å². The molecule has 0 spiro atoms. The van der Waals surface area contributed by atoms with Crippen molar-refractivity contribution in [2.24, 2.45) is 0 Å². The molecule has 1 aromatic carbocycles. The molecule has 1 aliphatic heterocycles. The molecule has 0 aliphatic carbocycles. The number of aromatic nitrogens is 2. The lowest BCUT2D eigenvalue weighted by Gasteiger charge is -2.27. The van der Waals surface area contributed by atoms with Gasteiger partial charge in [0.15, 0.2) is 0 Å². The maximum Gasteiger partial charge on any atom is 0.274 e. The van der Waals surface area contributed by atoms with E-state index in [-0.39, 0.29) is 5.91 Å². The van der Waals surface area contributed by atoms with E-state index in [0.29, 0.717) is 5.69 Å². The van der Waals surface area contributed by atoms with Crippen LogP contribution in [0.15, 0.2) is 35.1 Å². The number of hydrogen-bond acceptors (Lipinski definition) is 4. The van der Waals surface area contributed by atoms with Gasteiger partial charge in [0.25, 0.3) is 5.91 Å². The van der Waals surface area contributed by atoms with Crippen LogP contribution < -0.4 is 10.2 Å². The Morgan fingerprint density at radius 3 is 2.70 bits per heavy atom. The Morgan fingerprint density at radius 2 is 1.96 bits per heavy atom. The monoisotopic (exact) mass is 374 g/mol. The Morgan fingerprint density at radius 1 is 1.17 bits per heavy atom. The molecule has 0 bridgehead atoms. The highest BCUT2D eigenvalue weighted by Gasteiger charge is 2.15. The maximum atomic E-state index is 12.4. The second-order valence-electron chi connectivity index (χ2n) is 5.73. The number of rotatable bonds is 3. The number of aryl methyl sites for hydroxylation is 1. The number of benzene rings is 1. The number of amides is 1. The quantitative estimate of drug-likeness (QED) is 0.887. The summed E-state index contributed by atoms with van der Waals surface area (Å²) in [6.07, 6.45) is 5.07. The Hall–Kier alpha value is -1.95. The first-order chi connectivity index (χ1) is 11.1. The SMILES string of the molecule is Cc1cc(NC(=O)c2cc(N3CCCCC3)ncn2)ccc1Br. The number of anilines is 2. The van der Waals surface area contributed by atoms with E-state index in [1.54, 1.807) is 6.07 Å². The van der Waals surface area contributed by atoms with Crippen molar-refractivity contribution in [3.05, 3.63) is 46.3 Å². The third kappa shape index (κ3) is 3.88. The number of carbonyl (C=O) groups is 1. The lowest BCUT2D eigenvalue weighted by Crippen LogP contribution is -2.30. The normalized spacial score (nSPS) is 14.6. The van der Waals surface area contributed by atoms with E-state index in [1.807, 2.05) is 25.1 Å². The fourth-order valence-corrected chi connectivity index (χ4v) is 2.93. The van der Waals surface area contributed by atoms with Gasteiger partial charge < -0.3 is 10.2 Å². The second-order valence-corrected chi connectivity index (χ2v) is 6.58. The van der Waals surface area contributed by atoms with Crippen molar-refractivity contribution in [2.45, 2.75) is 26.2 Å². The van der Waals surface area contributed by atoms with Gasteiger partial charge in [0, 0.05) is 29.3 Å². The van der Waals surface area contributed by atoms with Crippen molar-refractivity contribution in [3.63, 3.8) is 0 Å². The van der Waals surface area contributed by atoms with E-state index in [0.717, 1.165) is 34.6 Å². The minimum atomic E-state index is -0.215. The van der Waals surface area contributed by atoms with Crippen molar-refractivity contribution in [1.82, 2.24) is 9.97 Å². The summed E-state index contributed by atoms with van der Waals surface area (Å²) < 4.78 is 1.02. The van der Waals surface area contributed by atoms with Crippen LogP contribution in [-0.2, 0) is 0 Å². The molecule has 1 N–H and O–H groups in total. The standard InChI is InChI=1S/C17H19BrN4O/c1-12-9-13(5-6-14(12)18)21-17(23)15-10-16(20-11-19-15)22-7-3-2-4-8-22/h5-6,9-11H,2-4,7-8H2,1H3,(H,21,23). The number of halogens is 1. The van der Waals surface area contributed by atoms with E-state index in [1.165, 1.54) is 25.6 Å². The number of nitrogens with one attached hydrogen (secondary N) is 1. The summed E-state index contributed by atoms with van der Waals surface area (Å²) in [5.41, 5.74) is 2.22. The van der Waals surface area contributed by atoms with Crippen LogP contribution in [0.4, 0.5) is 11.5 Å². The zero-order valence-electron chi connectivity index (χ0n) is 13.1. The average Bonchev–Trinajstić information content (AvgIpc) is 2.59. The highest BCUT2D eigenvalue weighted by molar-refractivity contribution is 9.10. The molecule has 6 heteroatoms. The van der Waals surface area contributed by atoms with Crippen molar-refractivity contribution in [2.75, 3.05) is 23.3 Å². The van der Waals surface area contributed by atoms with E-state index in [9.17, 15) is 4.79 Å². The fraction of sp³-hybridized carbons (Fsp3) is 0.353. The van der Waals surface area contributed by atoms with Crippen molar-refractivity contribution < 1.29 is 4.79 Å². The van der Waals surface area contributed by atoms with Gasteiger partial charge in [0.2, 0.25) is 0 Å². The van der Waals surface area contributed by atoms with Crippen molar-refractivity contribution >= 4 is 33.3 Å². The van der Waals surface area contributed by atoms with Gasteiger partial charge >= 0.3 is 0 Å². The average molecular weight is 375 g/mol. The lowest BCUT2D eigenvalue weighted by molar-refractivity contribution is 0.102. The summed E-state index contributed by atoms with van der Waals surface area (Å²) in [5, 5.41) is 2.89. The number of piperidine rings is 1. The highest BCUT2D eigenvalue weighted by Crippen LogP contribution is 2.21. The van der Waals surface area contributed by atoms with Crippen molar-refractivity contribution in [3.8, 4) is 0 Å². The molecule has 0 atom stereocenters. The molecule has 120 valence electrons. The van der Waals surface area contributed by atoms with Gasteiger partial charge in [-0.1, -0.05) is 15.9 Å². The first kappa shape index (κ1) is 15.9. The molecule has 1 amide bonds. The van der Waals surface area contributed by atoms with E-state index >= 15 is 0 Å². The molecule has 0 radical (unpaired) electrons. The molecule has 2 heterocycles. The van der Waals surface area contributed by atoms with Crippen molar-refractivity contribution in [1.29, 1.82) is 0 Å². The smallest absolute Gasteiger partial charge is 0.274 e. The lowest BCUT2D eigenvalue weighted by atomic mass is 10.1. The van der Waals surface area contributed by atoms with Crippen LogP contribution in [0.1, 0.15) is 35.3 Å². The molecule has 0 saturated carbocycles. The molecule has 3 rings (SSSR count). The fourth-order valence-electron chi connectivity index (χ4n) is 2.68. The molecular weight excluding hydrogens is 356 g/mol. The Bertz CT molecular complexity index is 713. The first-order valence-corrected chi connectivity index (χ1v) is 8.57. The largest absolute Gasteiger partial charge is 0.357 e. The summed E-state index contributed by atoms with van der Waals surface area (Å²) in [5.74, 6) is 0.615. The molecule has 1 fully saturated rings. The van der Waals surface area contributed by atoms with E-state index < -0.39 is 0 Å². The van der Waals surface area contributed by atoms with Gasteiger partial charge in [0.05, 0.1) is 0 Å².